The summed E-state index contributed by atoms with van der Waals surface area (Å²) < 4.78 is 2.10. The van der Waals surface area contributed by atoms with Crippen molar-refractivity contribution in [3.63, 3.8) is 0 Å². The highest BCUT2D eigenvalue weighted by atomic mass is 16.4. The molecule has 0 spiro atoms. The third-order valence-electron chi connectivity index (χ3n) is 4.65. The van der Waals surface area contributed by atoms with Crippen molar-refractivity contribution >= 4 is 12.0 Å². The SMILES string of the molecule is O=C(O)CCC(Cc1ccccc1)NC(=O)NC1CCn2ccnc2C1. The summed E-state index contributed by atoms with van der Waals surface area (Å²) in [6, 6.07) is 9.34. The minimum Gasteiger partial charge on any atom is -0.481 e. The van der Waals surface area contributed by atoms with Crippen LogP contribution in [0.3, 0.4) is 0 Å². The third-order valence-corrected chi connectivity index (χ3v) is 4.65. The van der Waals surface area contributed by atoms with Gasteiger partial charge in [-0.05, 0) is 24.8 Å². The summed E-state index contributed by atoms with van der Waals surface area (Å²) in [4.78, 5) is 27.6. The minimum atomic E-state index is -0.857. The van der Waals surface area contributed by atoms with Crippen molar-refractivity contribution in [3.8, 4) is 0 Å². The Balaban J connectivity index is 1.55. The van der Waals surface area contributed by atoms with E-state index in [4.69, 9.17) is 5.11 Å². The predicted molar refractivity (Wildman–Crippen MR) is 96.8 cm³/mol. The van der Waals surface area contributed by atoms with Gasteiger partial charge in [-0.25, -0.2) is 9.78 Å². The maximum atomic E-state index is 12.4. The highest BCUT2D eigenvalue weighted by Gasteiger charge is 2.22. The summed E-state index contributed by atoms with van der Waals surface area (Å²) in [5.41, 5.74) is 1.07. The average Bonchev–Trinajstić information content (AvgIpc) is 3.08. The maximum Gasteiger partial charge on any atom is 0.315 e. The molecule has 1 aliphatic heterocycles. The zero-order valence-corrected chi connectivity index (χ0v) is 14.6. The van der Waals surface area contributed by atoms with E-state index in [0.29, 0.717) is 19.3 Å². The highest BCUT2D eigenvalue weighted by molar-refractivity contribution is 5.74. The number of carbonyl (C=O) groups is 2. The van der Waals surface area contributed by atoms with E-state index in [-0.39, 0.29) is 24.5 Å². The van der Waals surface area contributed by atoms with Crippen molar-refractivity contribution < 1.29 is 14.7 Å². The number of carbonyl (C=O) groups excluding carboxylic acids is 1. The first-order valence-corrected chi connectivity index (χ1v) is 8.93. The number of fused-ring (bicyclic) bond motifs is 1. The van der Waals surface area contributed by atoms with Crippen LogP contribution < -0.4 is 10.6 Å². The Morgan fingerprint density at radius 1 is 1.31 bits per heavy atom. The van der Waals surface area contributed by atoms with Gasteiger partial charge in [0.1, 0.15) is 5.82 Å². The van der Waals surface area contributed by atoms with Gasteiger partial charge >= 0.3 is 12.0 Å². The molecule has 2 aromatic rings. The lowest BCUT2D eigenvalue weighted by atomic mass is 10.0. The van der Waals surface area contributed by atoms with E-state index in [1.807, 2.05) is 36.5 Å². The third kappa shape index (κ3) is 5.08. The van der Waals surface area contributed by atoms with E-state index in [2.05, 4.69) is 20.2 Å². The molecule has 1 aliphatic rings. The van der Waals surface area contributed by atoms with Crippen LogP contribution in [0.2, 0.25) is 0 Å². The summed E-state index contributed by atoms with van der Waals surface area (Å²) >= 11 is 0. The number of benzene rings is 1. The van der Waals surface area contributed by atoms with E-state index in [0.717, 1.165) is 24.4 Å². The van der Waals surface area contributed by atoms with E-state index in [1.165, 1.54) is 0 Å². The molecule has 0 bridgehead atoms. The van der Waals surface area contributed by atoms with E-state index in [1.54, 1.807) is 6.20 Å². The van der Waals surface area contributed by atoms with Gasteiger partial charge in [0.05, 0.1) is 0 Å². The monoisotopic (exact) mass is 356 g/mol. The molecule has 0 aliphatic carbocycles. The van der Waals surface area contributed by atoms with Crippen LogP contribution in [0, 0.1) is 0 Å². The first-order chi connectivity index (χ1) is 12.6. The highest BCUT2D eigenvalue weighted by Crippen LogP contribution is 2.13. The predicted octanol–water partition coefficient (Wildman–Crippen LogP) is 1.97. The molecule has 0 fully saturated rings. The van der Waals surface area contributed by atoms with Crippen molar-refractivity contribution in [2.45, 2.75) is 50.7 Å². The topological polar surface area (TPSA) is 96.3 Å². The summed E-state index contributed by atoms with van der Waals surface area (Å²) in [5.74, 6) is 0.123. The number of aryl methyl sites for hydroxylation is 1. The average molecular weight is 356 g/mol. The van der Waals surface area contributed by atoms with Gasteiger partial charge in [-0.1, -0.05) is 30.3 Å². The zero-order valence-electron chi connectivity index (χ0n) is 14.6. The Kier molecular flexibility index (Phi) is 5.88. The molecule has 0 saturated carbocycles. The summed E-state index contributed by atoms with van der Waals surface area (Å²) in [6.07, 6.45) is 6.32. The number of carboxylic acid groups (broad SMARTS) is 1. The standard InChI is InChI=1S/C19H24N4O3/c24-18(25)7-6-15(12-14-4-2-1-3-5-14)21-19(26)22-16-8-10-23-11-9-20-17(23)13-16/h1-5,9,11,15-16H,6-8,10,12-13H2,(H,24,25)(H2,21,22,26). The van der Waals surface area contributed by atoms with E-state index < -0.39 is 5.97 Å². The van der Waals surface area contributed by atoms with Crippen molar-refractivity contribution in [1.29, 1.82) is 0 Å². The smallest absolute Gasteiger partial charge is 0.315 e. The molecule has 26 heavy (non-hydrogen) atoms. The largest absolute Gasteiger partial charge is 0.481 e. The van der Waals surface area contributed by atoms with Gasteiger partial charge in [-0.15, -0.1) is 0 Å². The fourth-order valence-corrected chi connectivity index (χ4v) is 3.31. The molecule has 1 aromatic heterocycles. The van der Waals surface area contributed by atoms with Gasteiger partial charge in [-0.3, -0.25) is 4.79 Å². The van der Waals surface area contributed by atoms with Crippen LogP contribution in [-0.2, 0) is 24.2 Å². The second-order valence-corrected chi connectivity index (χ2v) is 6.66. The number of hydrogen-bond donors (Lipinski definition) is 3. The number of urea groups is 1. The Hall–Kier alpha value is -2.83. The van der Waals surface area contributed by atoms with Crippen LogP contribution in [0.5, 0.6) is 0 Å². The Morgan fingerprint density at radius 2 is 2.12 bits per heavy atom. The van der Waals surface area contributed by atoms with Crippen LogP contribution >= 0.6 is 0 Å². The molecule has 3 rings (SSSR count). The summed E-state index contributed by atoms with van der Waals surface area (Å²) in [6.45, 7) is 0.840. The molecule has 0 saturated heterocycles. The molecule has 3 N–H and O–H groups in total. The van der Waals surface area contributed by atoms with Gasteiger partial charge in [-0.2, -0.15) is 0 Å². The number of rotatable bonds is 7. The molecular weight excluding hydrogens is 332 g/mol. The van der Waals surface area contributed by atoms with Gasteiger partial charge in [0.2, 0.25) is 0 Å². The number of carboxylic acids is 1. The fourth-order valence-electron chi connectivity index (χ4n) is 3.31. The molecule has 2 amide bonds. The van der Waals surface area contributed by atoms with Crippen LogP contribution in [0.25, 0.3) is 0 Å². The lowest BCUT2D eigenvalue weighted by Crippen LogP contribution is -2.49. The number of aromatic nitrogens is 2. The van der Waals surface area contributed by atoms with Gasteiger partial charge in [0.25, 0.3) is 0 Å². The molecule has 2 atom stereocenters. The molecule has 2 unspecified atom stereocenters. The summed E-state index contributed by atoms with van der Waals surface area (Å²) in [5, 5.41) is 14.9. The maximum absolute atomic E-state index is 12.4. The van der Waals surface area contributed by atoms with Gasteiger partial charge < -0.3 is 20.3 Å². The molecular formula is C19H24N4O3. The lowest BCUT2D eigenvalue weighted by molar-refractivity contribution is -0.137. The minimum absolute atomic E-state index is 0.0264. The first-order valence-electron chi connectivity index (χ1n) is 8.93. The number of imidazole rings is 1. The van der Waals surface area contributed by atoms with Gasteiger partial charge in [0, 0.05) is 43.9 Å². The molecule has 7 heteroatoms. The van der Waals surface area contributed by atoms with E-state index in [9.17, 15) is 9.59 Å². The van der Waals surface area contributed by atoms with Gasteiger partial charge in [0.15, 0.2) is 0 Å². The van der Waals surface area contributed by atoms with Crippen LogP contribution in [-0.4, -0.2) is 38.7 Å². The number of aliphatic carboxylic acids is 1. The number of hydrogen-bond acceptors (Lipinski definition) is 3. The van der Waals surface area contributed by atoms with Crippen molar-refractivity contribution in [3.05, 3.63) is 54.1 Å². The van der Waals surface area contributed by atoms with Crippen molar-refractivity contribution in [2.24, 2.45) is 0 Å². The van der Waals surface area contributed by atoms with Crippen molar-refractivity contribution in [2.75, 3.05) is 0 Å². The normalized spacial score (nSPS) is 17.2. The Bertz CT molecular complexity index is 744. The molecule has 0 radical (unpaired) electrons. The Labute approximate surface area is 152 Å². The molecule has 7 nitrogen and oxygen atoms in total. The number of nitrogens with one attached hydrogen (secondary N) is 2. The van der Waals surface area contributed by atoms with Crippen molar-refractivity contribution in [1.82, 2.24) is 20.2 Å². The quantitative estimate of drug-likeness (QED) is 0.707. The Morgan fingerprint density at radius 3 is 2.88 bits per heavy atom. The zero-order chi connectivity index (χ0) is 18.4. The van der Waals surface area contributed by atoms with Crippen LogP contribution in [0.1, 0.15) is 30.7 Å². The lowest BCUT2D eigenvalue weighted by Gasteiger charge is -2.26. The second kappa shape index (κ2) is 8.51. The summed E-state index contributed by atoms with van der Waals surface area (Å²) in [7, 11) is 0. The number of nitrogens with zero attached hydrogens (tertiary/aromatic N) is 2. The molecule has 1 aromatic carbocycles. The number of amides is 2. The first kappa shape index (κ1) is 18.0. The molecule has 138 valence electrons. The molecule has 2 heterocycles. The van der Waals surface area contributed by atoms with Crippen LogP contribution in [0.4, 0.5) is 4.79 Å². The fraction of sp³-hybridized carbons (Fsp3) is 0.421. The second-order valence-electron chi connectivity index (χ2n) is 6.66. The van der Waals surface area contributed by atoms with E-state index >= 15 is 0 Å². The van der Waals surface area contributed by atoms with Crippen LogP contribution in [0.15, 0.2) is 42.7 Å².